The molecule has 32 heavy (non-hydrogen) atoms. The molecule has 0 aliphatic heterocycles. The predicted octanol–water partition coefficient (Wildman–Crippen LogP) is 8.73. The Morgan fingerprint density at radius 1 is 0.938 bits per heavy atom. The smallest absolute Gasteiger partial charge is 0.381 e. The first kappa shape index (κ1) is 23.6. The molecule has 2 atom stereocenters. The molecule has 3 aromatic carbocycles. The Morgan fingerprint density at radius 2 is 1.62 bits per heavy atom. The Labute approximate surface area is 206 Å². The van der Waals surface area contributed by atoms with Gasteiger partial charge in [-0.05, 0) is 65.8 Å². The summed E-state index contributed by atoms with van der Waals surface area (Å²) in [4.78, 5) is 0. The minimum Gasteiger partial charge on any atom is -0.381 e. The van der Waals surface area contributed by atoms with Crippen molar-refractivity contribution in [3.63, 3.8) is 0 Å². The highest BCUT2D eigenvalue weighted by atomic mass is 79.9. The number of halogens is 6. The average Bonchev–Trinajstić information content (AvgIpc) is 2.73. The summed E-state index contributed by atoms with van der Waals surface area (Å²) in [5.74, 6) is -0.236. The van der Waals surface area contributed by atoms with E-state index in [0.29, 0.717) is 27.0 Å². The van der Waals surface area contributed by atoms with Gasteiger partial charge in [-0.25, -0.2) is 0 Å². The first-order valence-electron chi connectivity index (χ1n) is 9.89. The van der Waals surface area contributed by atoms with Gasteiger partial charge in [-0.1, -0.05) is 85.9 Å². The standard InChI is InChI=1S/C25H18Br2ClF3O/c26-21-7-3-1-5-18(21)15-11-16(19-10-9-17(12-22(19)27)25(29,30)31)14-24(32,13-15)20-6-2-4-8-23(20)28/h1-10,12-13,16,32H,11,14H2. The number of hydrogen-bond acceptors (Lipinski definition) is 1. The molecule has 0 amide bonds. The maximum absolute atomic E-state index is 13.2. The van der Waals surface area contributed by atoms with Gasteiger partial charge in [-0.15, -0.1) is 0 Å². The van der Waals surface area contributed by atoms with Crippen LogP contribution in [0, 0.1) is 0 Å². The fourth-order valence-electron chi connectivity index (χ4n) is 4.28. The zero-order valence-electron chi connectivity index (χ0n) is 16.6. The first-order chi connectivity index (χ1) is 15.1. The summed E-state index contributed by atoms with van der Waals surface area (Å²) in [6.07, 6.45) is -1.76. The highest BCUT2D eigenvalue weighted by Crippen LogP contribution is 2.49. The van der Waals surface area contributed by atoms with Gasteiger partial charge in [0, 0.05) is 19.5 Å². The van der Waals surface area contributed by atoms with Gasteiger partial charge in [0.2, 0.25) is 0 Å². The second-order valence-corrected chi connectivity index (χ2v) is 10.0. The van der Waals surface area contributed by atoms with Crippen LogP contribution in [0.25, 0.3) is 5.57 Å². The van der Waals surface area contributed by atoms with Gasteiger partial charge < -0.3 is 5.11 Å². The van der Waals surface area contributed by atoms with Gasteiger partial charge >= 0.3 is 6.18 Å². The van der Waals surface area contributed by atoms with Crippen molar-refractivity contribution in [3.8, 4) is 0 Å². The van der Waals surface area contributed by atoms with Gasteiger partial charge in [0.05, 0.1) is 5.56 Å². The molecule has 4 rings (SSSR count). The number of rotatable bonds is 3. The summed E-state index contributed by atoms with van der Waals surface area (Å²) < 4.78 is 40.7. The second-order valence-electron chi connectivity index (χ2n) is 7.89. The number of alkyl halides is 3. The molecule has 1 nitrogen and oxygen atoms in total. The molecule has 0 saturated carbocycles. The molecule has 1 N–H and O–H groups in total. The molecule has 3 aromatic rings. The first-order valence-corrected chi connectivity index (χ1v) is 11.9. The van der Waals surface area contributed by atoms with Crippen molar-refractivity contribution in [1.82, 2.24) is 0 Å². The van der Waals surface area contributed by atoms with E-state index < -0.39 is 17.3 Å². The summed E-state index contributed by atoms with van der Waals surface area (Å²) in [5.41, 5.74) is 0.995. The molecule has 1 aliphatic carbocycles. The molecule has 0 heterocycles. The van der Waals surface area contributed by atoms with Crippen LogP contribution in [0.2, 0.25) is 5.02 Å². The molecule has 0 saturated heterocycles. The van der Waals surface area contributed by atoms with E-state index >= 15 is 0 Å². The maximum Gasteiger partial charge on any atom is 0.416 e. The SMILES string of the molecule is OC1(c2ccccc2Cl)C=C(c2ccccc2Br)CC(c2ccc(C(F)(F)F)cc2Br)C1. The minimum absolute atomic E-state index is 0.236. The van der Waals surface area contributed by atoms with Crippen LogP contribution in [-0.4, -0.2) is 5.11 Å². The van der Waals surface area contributed by atoms with Crippen molar-refractivity contribution in [2.24, 2.45) is 0 Å². The van der Waals surface area contributed by atoms with Gasteiger partial charge in [0.15, 0.2) is 0 Å². The van der Waals surface area contributed by atoms with Gasteiger partial charge in [0.1, 0.15) is 5.60 Å². The molecule has 0 fully saturated rings. The fraction of sp³-hybridized carbons (Fsp3) is 0.200. The van der Waals surface area contributed by atoms with Gasteiger partial charge in [-0.2, -0.15) is 13.2 Å². The lowest BCUT2D eigenvalue weighted by Gasteiger charge is -2.37. The third-order valence-corrected chi connectivity index (χ3v) is 7.47. The third kappa shape index (κ3) is 4.69. The largest absolute Gasteiger partial charge is 0.416 e. The second kappa shape index (κ2) is 8.98. The normalized spacial score (nSPS) is 21.3. The van der Waals surface area contributed by atoms with E-state index in [2.05, 4.69) is 31.9 Å². The third-order valence-electron chi connectivity index (χ3n) is 5.76. The lowest BCUT2D eigenvalue weighted by atomic mass is 9.72. The molecular weight excluding hydrogens is 569 g/mol. The molecule has 1 aliphatic rings. The van der Waals surface area contributed by atoms with Crippen molar-refractivity contribution < 1.29 is 18.3 Å². The molecular formula is C25H18Br2ClF3O. The molecule has 0 radical (unpaired) electrons. The average molecular weight is 587 g/mol. The topological polar surface area (TPSA) is 20.2 Å². The molecule has 0 spiro atoms. The Kier molecular flexibility index (Phi) is 6.61. The summed E-state index contributed by atoms with van der Waals surface area (Å²) in [7, 11) is 0. The van der Waals surface area contributed by atoms with Gasteiger partial charge in [0.25, 0.3) is 0 Å². The quantitative estimate of drug-likeness (QED) is 0.325. The molecule has 166 valence electrons. The number of hydrogen-bond donors (Lipinski definition) is 1. The van der Waals surface area contributed by atoms with Crippen LogP contribution in [0.5, 0.6) is 0 Å². The highest BCUT2D eigenvalue weighted by molar-refractivity contribution is 9.10. The van der Waals surface area contributed by atoms with Crippen molar-refractivity contribution in [2.75, 3.05) is 0 Å². The zero-order chi connectivity index (χ0) is 23.1. The molecule has 0 aromatic heterocycles. The van der Waals surface area contributed by atoms with Crippen molar-refractivity contribution in [3.05, 3.63) is 109 Å². The zero-order valence-corrected chi connectivity index (χ0v) is 20.6. The summed E-state index contributed by atoms with van der Waals surface area (Å²) >= 11 is 13.4. The van der Waals surface area contributed by atoms with Crippen molar-refractivity contribution in [1.29, 1.82) is 0 Å². The van der Waals surface area contributed by atoms with E-state index in [1.807, 2.05) is 36.4 Å². The monoisotopic (exact) mass is 584 g/mol. The summed E-state index contributed by atoms with van der Waals surface area (Å²) in [6, 6.07) is 18.5. The fourth-order valence-corrected chi connectivity index (χ4v) is 5.82. The van der Waals surface area contributed by atoms with E-state index in [1.165, 1.54) is 6.07 Å². The van der Waals surface area contributed by atoms with Crippen LogP contribution in [-0.2, 0) is 11.8 Å². The summed E-state index contributed by atoms with van der Waals surface area (Å²) in [6.45, 7) is 0. The van der Waals surface area contributed by atoms with Crippen molar-refractivity contribution >= 4 is 49.0 Å². The van der Waals surface area contributed by atoms with Crippen LogP contribution >= 0.6 is 43.5 Å². The lowest BCUT2D eigenvalue weighted by molar-refractivity contribution is -0.137. The summed E-state index contributed by atoms with van der Waals surface area (Å²) in [5, 5.41) is 12.2. The minimum atomic E-state index is -4.42. The number of allylic oxidation sites excluding steroid dienone is 1. The lowest BCUT2D eigenvalue weighted by Crippen LogP contribution is -2.30. The number of benzene rings is 3. The van der Waals surface area contributed by atoms with Crippen LogP contribution in [0.4, 0.5) is 13.2 Å². The van der Waals surface area contributed by atoms with Crippen LogP contribution in [0.15, 0.2) is 81.8 Å². The Bertz CT molecular complexity index is 1190. The predicted molar refractivity (Wildman–Crippen MR) is 129 cm³/mol. The van der Waals surface area contributed by atoms with E-state index in [4.69, 9.17) is 11.6 Å². The Morgan fingerprint density at radius 3 is 2.28 bits per heavy atom. The van der Waals surface area contributed by atoms with Crippen molar-refractivity contribution in [2.45, 2.75) is 30.5 Å². The molecule has 7 heteroatoms. The van der Waals surface area contributed by atoms with Crippen LogP contribution in [0.3, 0.4) is 0 Å². The van der Waals surface area contributed by atoms with E-state index in [-0.39, 0.29) is 12.3 Å². The van der Waals surface area contributed by atoms with E-state index in [0.717, 1.165) is 27.7 Å². The van der Waals surface area contributed by atoms with E-state index in [9.17, 15) is 18.3 Å². The Balaban J connectivity index is 1.84. The Hall–Kier alpha value is -1.60. The maximum atomic E-state index is 13.2. The van der Waals surface area contributed by atoms with Gasteiger partial charge in [-0.3, -0.25) is 0 Å². The highest BCUT2D eigenvalue weighted by Gasteiger charge is 2.39. The molecule has 2 unspecified atom stereocenters. The van der Waals surface area contributed by atoms with Crippen LogP contribution < -0.4 is 0 Å². The van der Waals surface area contributed by atoms with E-state index in [1.54, 1.807) is 18.2 Å². The number of aliphatic hydroxyl groups is 1. The van der Waals surface area contributed by atoms with Crippen LogP contribution in [0.1, 0.15) is 41.0 Å². The molecule has 0 bridgehead atoms.